The van der Waals surface area contributed by atoms with Crippen LogP contribution in [0.4, 0.5) is 10.1 Å². The van der Waals surface area contributed by atoms with Gasteiger partial charge in [0.2, 0.25) is 0 Å². The Kier molecular flexibility index (Phi) is 4.11. The molecule has 1 nitrogen and oxygen atoms in total. The lowest BCUT2D eigenvalue weighted by atomic mass is 10.0. The van der Waals surface area contributed by atoms with Gasteiger partial charge >= 0.3 is 0 Å². The number of anilines is 1. The van der Waals surface area contributed by atoms with E-state index in [0.29, 0.717) is 10.6 Å². The number of rotatable bonds is 3. The van der Waals surface area contributed by atoms with Crippen LogP contribution in [0.15, 0.2) is 36.4 Å². The highest BCUT2D eigenvalue weighted by atomic mass is 35.5. The summed E-state index contributed by atoms with van der Waals surface area (Å²) in [5.74, 6) is -0.179. The lowest BCUT2D eigenvalue weighted by Gasteiger charge is -2.19. The molecule has 2 aromatic rings. The minimum atomic E-state index is -0.179. The molecule has 3 heteroatoms. The summed E-state index contributed by atoms with van der Waals surface area (Å²) in [5, 5.41) is 4.02. The van der Waals surface area contributed by atoms with Gasteiger partial charge in [-0.05, 0) is 49.6 Å². The van der Waals surface area contributed by atoms with Gasteiger partial charge in [-0.3, -0.25) is 0 Å². The van der Waals surface area contributed by atoms with Crippen LogP contribution < -0.4 is 5.32 Å². The number of hydrogen-bond donors (Lipinski definition) is 1. The highest BCUT2D eigenvalue weighted by molar-refractivity contribution is 6.33. The van der Waals surface area contributed by atoms with Gasteiger partial charge in [-0.1, -0.05) is 35.9 Å². The SMILES string of the molecule is Cc1ccc(C(C)Nc2c(C)cccc2Cl)cc1F. The van der Waals surface area contributed by atoms with E-state index in [4.69, 9.17) is 11.6 Å². The second kappa shape index (κ2) is 5.62. The van der Waals surface area contributed by atoms with Gasteiger partial charge in [0.05, 0.1) is 10.7 Å². The van der Waals surface area contributed by atoms with Gasteiger partial charge in [0.1, 0.15) is 5.82 Å². The topological polar surface area (TPSA) is 12.0 Å². The average molecular weight is 278 g/mol. The van der Waals surface area contributed by atoms with Crippen LogP contribution in [0.3, 0.4) is 0 Å². The van der Waals surface area contributed by atoms with Crippen molar-refractivity contribution >= 4 is 17.3 Å². The summed E-state index contributed by atoms with van der Waals surface area (Å²) in [4.78, 5) is 0. The molecule has 1 N–H and O–H groups in total. The normalized spacial score (nSPS) is 12.3. The summed E-state index contributed by atoms with van der Waals surface area (Å²) >= 11 is 6.18. The first-order chi connectivity index (χ1) is 8.99. The van der Waals surface area contributed by atoms with E-state index in [-0.39, 0.29) is 11.9 Å². The summed E-state index contributed by atoms with van der Waals surface area (Å²) in [6, 6.07) is 11.0. The molecule has 100 valence electrons. The van der Waals surface area contributed by atoms with Gasteiger partial charge in [-0.25, -0.2) is 4.39 Å². The molecule has 1 unspecified atom stereocenters. The fraction of sp³-hybridized carbons (Fsp3) is 0.250. The second-order valence-corrected chi connectivity index (χ2v) is 5.21. The molecule has 0 aliphatic rings. The van der Waals surface area contributed by atoms with E-state index in [1.54, 1.807) is 19.1 Å². The first-order valence-corrected chi connectivity index (χ1v) is 6.64. The van der Waals surface area contributed by atoms with Gasteiger partial charge in [-0.15, -0.1) is 0 Å². The average Bonchev–Trinajstić information content (AvgIpc) is 2.37. The Balaban J connectivity index is 2.25. The van der Waals surface area contributed by atoms with Crippen LogP contribution >= 0.6 is 11.6 Å². The van der Waals surface area contributed by atoms with Crippen LogP contribution in [0, 0.1) is 19.7 Å². The molecule has 0 fully saturated rings. The van der Waals surface area contributed by atoms with Gasteiger partial charge in [-0.2, -0.15) is 0 Å². The largest absolute Gasteiger partial charge is 0.377 e. The van der Waals surface area contributed by atoms with E-state index in [1.165, 1.54) is 0 Å². The molecule has 2 aromatic carbocycles. The summed E-state index contributed by atoms with van der Waals surface area (Å²) in [7, 11) is 0. The predicted octanol–water partition coefficient (Wildman–Crippen LogP) is 5.27. The van der Waals surface area contributed by atoms with E-state index < -0.39 is 0 Å². The minimum Gasteiger partial charge on any atom is -0.377 e. The van der Waals surface area contributed by atoms with E-state index in [0.717, 1.165) is 16.8 Å². The monoisotopic (exact) mass is 277 g/mol. The van der Waals surface area contributed by atoms with Crippen LogP contribution in [0.25, 0.3) is 0 Å². The zero-order chi connectivity index (χ0) is 14.0. The fourth-order valence-corrected chi connectivity index (χ4v) is 2.27. The van der Waals surface area contributed by atoms with Crippen molar-refractivity contribution in [2.45, 2.75) is 26.8 Å². The number of halogens is 2. The predicted molar refractivity (Wildman–Crippen MR) is 79.4 cm³/mol. The van der Waals surface area contributed by atoms with Crippen molar-refractivity contribution in [1.82, 2.24) is 0 Å². The Bertz CT molecular complexity index is 575. The summed E-state index contributed by atoms with van der Waals surface area (Å²) in [6.45, 7) is 5.75. The fourth-order valence-electron chi connectivity index (χ4n) is 1.99. The van der Waals surface area contributed by atoms with Crippen LogP contribution in [0.2, 0.25) is 5.02 Å². The van der Waals surface area contributed by atoms with Gasteiger partial charge < -0.3 is 5.32 Å². The van der Waals surface area contributed by atoms with Crippen LogP contribution in [0.1, 0.15) is 29.7 Å². The Morgan fingerprint density at radius 3 is 2.47 bits per heavy atom. The van der Waals surface area contributed by atoms with E-state index in [1.807, 2.05) is 38.1 Å². The quantitative estimate of drug-likeness (QED) is 0.806. The summed E-state index contributed by atoms with van der Waals surface area (Å²) < 4.78 is 13.6. The van der Waals surface area contributed by atoms with Gasteiger partial charge in [0.25, 0.3) is 0 Å². The highest BCUT2D eigenvalue weighted by Gasteiger charge is 2.11. The molecule has 0 saturated carbocycles. The number of para-hydroxylation sites is 1. The van der Waals surface area contributed by atoms with Gasteiger partial charge in [0.15, 0.2) is 0 Å². The van der Waals surface area contributed by atoms with Crippen molar-refractivity contribution in [3.05, 3.63) is 63.9 Å². The standard InChI is InChI=1S/C16H17ClFN/c1-10-7-8-13(9-15(10)18)12(3)19-16-11(2)5-4-6-14(16)17/h4-9,12,19H,1-3H3. The summed E-state index contributed by atoms with van der Waals surface area (Å²) in [5.41, 5.74) is 3.54. The van der Waals surface area contributed by atoms with Crippen molar-refractivity contribution in [1.29, 1.82) is 0 Å². The van der Waals surface area contributed by atoms with Crippen molar-refractivity contribution in [3.8, 4) is 0 Å². The molecular weight excluding hydrogens is 261 g/mol. The molecule has 0 bridgehead atoms. The van der Waals surface area contributed by atoms with Gasteiger partial charge in [0, 0.05) is 6.04 Å². The minimum absolute atomic E-state index is 0.00583. The van der Waals surface area contributed by atoms with Crippen molar-refractivity contribution in [2.24, 2.45) is 0 Å². The Labute approximate surface area is 118 Å². The smallest absolute Gasteiger partial charge is 0.126 e. The van der Waals surface area contributed by atoms with E-state index in [9.17, 15) is 4.39 Å². The molecule has 19 heavy (non-hydrogen) atoms. The van der Waals surface area contributed by atoms with E-state index in [2.05, 4.69) is 5.32 Å². The Morgan fingerprint density at radius 1 is 1.11 bits per heavy atom. The first kappa shape index (κ1) is 13.9. The number of nitrogens with one attached hydrogen (secondary N) is 1. The zero-order valence-corrected chi connectivity index (χ0v) is 12.1. The molecular formula is C16H17ClFN. The lowest BCUT2D eigenvalue weighted by molar-refractivity contribution is 0.614. The maximum atomic E-state index is 13.6. The maximum absolute atomic E-state index is 13.6. The molecule has 0 aliphatic carbocycles. The Hall–Kier alpha value is -1.54. The number of aryl methyl sites for hydroxylation is 2. The third-order valence-electron chi connectivity index (χ3n) is 3.28. The van der Waals surface area contributed by atoms with Crippen LogP contribution in [-0.2, 0) is 0 Å². The third kappa shape index (κ3) is 3.07. The molecule has 0 heterocycles. The van der Waals surface area contributed by atoms with Crippen molar-refractivity contribution in [2.75, 3.05) is 5.32 Å². The molecule has 0 radical (unpaired) electrons. The zero-order valence-electron chi connectivity index (χ0n) is 11.3. The number of benzene rings is 2. The molecule has 0 saturated heterocycles. The third-order valence-corrected chi connectivity index (χ3v) is 3.59. The summed E-state index contributed by atoms with van der Waals surface area (Å²) in [6.07, 6.45) is 0. The molecule has 0 aliphatic heterocycles. The Morgan fingerprint density at radius 2 is 1.84 bits per heavy atom. The first-order valence-electron chi connectivity index (χ1n) is 6.26. The molecule has 0 spiro atoms. The van der Waals surface area contributed by atoms with Crippen molar-refractivity contribution in [3.63, 3.8) is 0 Å². The second-order valence-electron chi connectivity index (χ2n) is 4.81. The van der Waals surface area contributed by atoms with Crippen LogP contribution in [-0.4, -0.2) is 0 Å². The van der Waals surface area contributed by atoms with E-state index >= 15 is 0 Å². The molecule has 1 atom stereocenters. The van der Waals surface area contributed by atoms with Crippen molar-refractivity contribution < 1.29 is 4.39 Å². The molecule has 0 aromatic heterocycles. The van der Waals surface area contributed by atoms with Crippen LogP contribution in [0.5, 0.6) is 0 Å². The lowest BCUT2D eigenvalue weighted by Crippen LogP contribution is -2.08. The molecule has 0 amide bonds. The molecule has 2 rings (SSSR count). The maximum Gasteiger partial charge on any atom is 0.126 e. The highest BCUT2D eigenvalue weighted by Crippen LogP contribution is 2.29. The number of hydrogen-bond acceptors (Lipinski definition) is 1.